The third-order valence-corrected chi connectivity index (χ3v) is 6.35. The Balaban J connectivity index is 1.73. The summed E-state index contributed by atoms with van der Waals surface area (Å²) in [5.41, 5.74) is 0.0738. The molecule has 0 atom stereocenters. The molecule has 1 fully saturated rings. The molecule has 0 radical (unpaired) electrons. The van der Waals surface area contributed by atoms with Gasteiger partial charge in [0, 0.05) is 24.3 Å². The summed E-state index contributed by atoms with van der Waals surface area (Å²) < 4.78 is 46.1. The van der Waals surface area contributed by atoms with E-state index in [9.17, 15) is 22.4 Å². The van der Waals surface area contributed by atoms with Gasteiger partial charge in [-0.25, -0.2) is 22.3 Å². The average Bonchev–Trinajstić information content (AvgIpc) is 2.68. The van der Waals surface area contributed by atoms with Crippen LogP contribution in [0.1, 0.15) is 22.8 Å². The van der Waals surface area contributed by atoms with Crippen molar-refractivity contribution in [3.05, 3.63) is 59.4 Å². The van der Waals surface area contributed by atoms with E-state index in [1.165, 1.54) is 54.5 Å². The van der Waals surface area contributed by atoms with E-state index >= 15 is 0 Å². The van der Waals surface area contributed by atoms with E-state index in [1.54, 1.807) is 13.8 Å². The molecule has 0 unspecified atom stereocenters. The van der Waals surface area contributed by atoms with E-state index in [-0.39, 0.29) is 29.4 Å². The molecular formula is C20H22FN3O5S. The number of rotatable bonds is 5. The summed E-state index contributed by atoms with van der Waals surface area (Å²) in [5.74, 6) is -0.910. The van der Waals surface area contributed by atoms with Crippen LogP contribution < -0.4 is 10.0 Å². The van der Waals surface area contributed by atoms with E-state index < -0.39 is 27.6 Å². The summed E-state index contributed by atoms with van der Waals surface area (Å²) in [5, 5.41) is 2.62. The average molecular weight is 435 g/mol. The Labute approximate surface area is 174 Å². The maximum Gasteiger partial charge on any atom is 0.409 e. The second kappa shape index (κ2) is 8.04. The molecule has 0 aromatic heterocycles. The van der Waals surface area contributed by atoms with Crippen LogP contribution in [0.25, 0.3) is 0 Å². The van der Waals surface area contributed by atoms with Gasteiger partial charge in [-0.05, 0) is 55.8 Å². The molecule has 2 N–H and O–H groups in total. The number of anilines is 1. The van der Waals surface area contributed by atoms with Gasteiger partial charge >= 0.3 is 6.09 Å². The Morgan fingerprint density at radius 1 is 1.17 bits per heavy atom. The number of hydrogen-bond acceptors (Lipinski definition) is 5. The SMILES string of the molecule is COC(=O)N1CC(C)(NS(=O)(=O)c2cccc(C(=O)Nc3ccc(F)c(C)c3)c2)C1. The van der Waals surface area contributed by atoms with Gasteiger partial charge in [0.05, 0.1) is 17.5 Å². The molecule has 1 aliphatic heterocycles. The predicted molar refractivity (Wildman–Crippen MR) is 108 cm³/mol. The molecule has 1 heterocycles. The van der Waals surface area contributed by atoms with Crippen LogP contribution in [0.4, 0.5) is 14.9 Å². The van der Waals surface area contributed by atoms with Gasteiger partial charge in [-0.1, -0.05) is 6.07 Å². The van der Waals surface area contributed by atoms with Crippen molar-refractivity contribution in [1.29, 1.82) is 0 Å². The van der Waals surface area contributed by atoms with Crippen molar-refractivity contribution in [1.82, 2.24) is 9.62 Å². The van der Waals surface area contributed by atoms with Gasteiger partial charge in [0.15, 0.2) is 0 Å². The molecule has 160 valence electrons. The smallest absolute Gasteiger partial charge is 0.409 e. The fourth-order valence-corrected chi connectivity index (χ4v) is 4.67. The van der Waals surface area contributed by atoms with Crippen LogP contribution >= 0.6 is 0 Å². The molecule has 8 nitrogen and oxygen atoms in total. The molecule has 30 heavy (non-hydrogen) atoms. The second-order valence-electron chi connectivity index (χ2n) is 7.44. The number of halogens is 1. The van der Waals surface area contributed by atoms with E-state index in [4.69, 9.17) is 0 Å². The first kappa shape index (κ1) is 21.7. The highest BCUT2D eigenvalue weighted by Gasteiger charge is 2.44. The molecular weight excluding hydrogens is 413 g/mol. The molecule has 2 amide bonds. The third kappa shape index (κ3) is 4.60. The zero-order chi connectivity index (χ0) is 22.1. The second-order valence-corrected chi connectivity index (χ2v) is 9.12. The number of carbonyl (C=O) groups is 2. The van der Waals surface area contributed by atoms with Crippen molar-refractivity contribution in [2.75, 3.05) is 25.5 Å². The molecule has 3 rings (SSSR count). The Bertz CT molecular complexity index is 1100. The number of benzene rings is 2. The van der Waals surface area contributed by atoms with Crippen LogP contribution in [-0.4, -0.2) is 51.1 Å². The van der Waals surface area contributed by atoms with Crippen LogP contribution in [0.5, 0.6) is 0 Å². The number of likely N-dealkylation sites (tertiary alicyclic amines) is 1. The van der Waals surface area contributed by atoms with Crippen molar-refractivity contribution in [3.63, 3.8) is 0 Å². The largest absolute Gasteiger partial charge is 0.453 e. The third-order valence-electron chi connectivity index (χ3n) is 4.72. The summed E-state index contributed by atoms with van der Waals surface area (Å²) >= 11 is 0. The predicted octanol–water partition coefficient (Wildman–Crippen LogP) is 2.51. The van der Waals surface area contributed by atoms with Gasteiger partial charge in [-0.3, -0.25) is 4.79 Å². The molecule has 1 aliphatic rings. The standard InChI is InChI=1S/C20H22FN3O5S/c1-13-9-15(7-8-17(13)21)22-18(25)14-5-4-6-16(10-14)30(27,28)23-20(2)11-24(12-20)19(26)29-3/h4-10,23H,11-12H2,1-3H3,(H,22,25). The number of sulfonamides is 1. The molecule has 0 saturated carbocycles. The van der Waals surface area contributed by atoms with Crippen molar-refractivity contribution in [3.8, 4) is 0 Å². The quantitative estimate of drug-likeness (QED) is 0.751. The Morgan fingerprint density at radius 2 is 1.87 bits per heavy atom. The molecule has 0 bridgehead atoms. The number of methoxy groups -OCH3 is 1. The topological polar surface area (TPSA) is 105 Å². The van der Waals surface area contributed by atoms with E-state index in [0.717, 1.165) is 0 Å². The highest BCUT2D eigenvalue weighted by atomic mass is 32.2. The summed E-state index contributed by atoms with van der Waals surface area (Å²) in [6.07, 6.45) is -0.527. The van der Waals surface area contributed by atoms with Crippen molar-refractivity contribution in [2.24, 2.45) is 0 Å². The summed E-state index contributed by atoms with van der Waals surface area (Å²) in [6, 6.07) is 9.73. The fraction of sp³-hybridized carbons (Fsp3) is 0.300. The lowest BCUT2D eigenvalue weighted by Gasteiger charge is -2.46. The zero-order valence-electron chi connectivity index (χ0n) is 16.7. The molecule has 0 aliphatic carbocycles. The van der Waals surface area contributed by atoms with Crippen molar-refractivity contribution < 1.29 is 27.1 Å². The van der Waals surface area contributed by atoms with Crippen molar-refractivity contribution in [2.45, 2.75) is 24.3 Å². The highest BCUT2D eigenvalue weighted by Crippen LogP contribution is 2.24. The number of nitrogens with one attached hydrogen (secondary N) is 2. The van der Waals surface area contributed by atoms with E-state index in [1.807, 2.05) is 0 Å². The van der Waals surface area contributed by atoms with Crippen LogP contribution in [0.15, 0.2) is 47.4 Å². The van der Waals surface area contributed by atoms with Crippen molar-refractivity contribution >= 4 is 27.7 Å². The Morgan fingerprint density at radius 3 is 2.50 bits per heavy atom. The van der Waals surface area contributed by atoms with Gasteiger partial charge in [0.1, 0.15) is 5.82 Å². The fourth-order valence-electron chi connectivity index (χ4n) is 3.23. The monoisotopic (exact) mass is 435 g/mol. The number of hydrogen-bond donors (Lipinski definition) is 2. The van der Waals surface area contributed by atoms with E-state index in [0.29, 0.717) is 11.3 Å². The maximum absolute atomic E-state index is 13.4. The minimum Gasteiger partial charge on any atom is -0.453 e. The number of amides is 2. The number of aryl methyl sites for hydroxylation is 1. The van der Waals surface area contributed by atoms with Crippen LogP contribution in [0.2, 0.25) is 0 Å². The summed E-state index contributed by atoms with van der Waals surface area (Å²) in [4.78, 5) is 25.3. The van der Waals surface area contributed by atoms with Crippen LogP contribution in [0, 0.1) is 12.7 Å². The lowest BCUT2D eigenvalue weighted by molar-refractivity contribution is 0.0523. The number of nitrogens with zero attached hydrogens (tertiary/aromatic N) is 1. The van der Waals surface area contributed by atoms with Gasteiger partial charge in [-0.2, -0.15) is 0 Å². The Hall–Kier alpha value is -2.98. The maximum atomic E-state index is 13.4. The normalized spacial score (nSPS) is 15.3. The first-order valence-electron chi connectivity index (χ1n) is 9.07. The van der Waals surface area contributed by atoms with Gasteiger partial charge < -0.3 is 15.0 Å². The zero-order valence-corrected chi connectivity index (χ0v) is 17.5. The minimum atomic E-state index is -3.93. The summed E-state index contributed by atoms with van der Waals surface area (Å²) in [6.45, 7) is 3.59. The molecule has 2 aromatic carbocycles. The first-order chi connectivity index (χ1) is 14.0. The highest BCUT2D eigenvalue weighted by molar-refractivity contribution is 7.89. The molecule has 0 spiro atoms. The summed E-state index contributed by atoms with van der Waals surface area (Å²) in [7, 11) is -2.68. The lowest BCUT2D eigenvalue weighted by atomic mass is 9.94. The van der Waals surface area contributed by atoms with Gasteiger partial charge in [0.25, 0.3) is 5.91 Å². The number of ether oxygens (including phenoxy) is 1. The van der Waals surface area contributed by atoms with Crippen LogP contribution in [-0.2, 0) is 14.8 Å². The van der Waals surface area contributed by atoms with Gasteiger partial charge in [0.2, 0.25) is 10.0 Å². The van der Waals surface area contributed by atoms with Crippen LogP contribution in [0.3, 0.4) is 0 Å². The molecule has 2 aromatic rings. The minimum absolute atomic E-state index is 0.0804. The first-order valence-corrected chi connectivity index (χ1v) is 10.6. The Kier molecular flexibility index (Phi) is 5.82. The number of carbonyl (C=O) groups excluding carboxylic acids is 2. The van der Waals surface area contributed by atoms with E-state index in [2.05, 4.69) is 14.8 Å². The molecule has 10 heteroatoms. The molecule has 1 saturated heterocycles. The van der Waals surface area contributed by atoms with Gasteiger partial charge in [-0.15, -0.1) is 0 Å². The lowest BCUT2D eigenvalue weighted by Crippen LogP contribution is -2.69.